The van der Waals surface area contributed by atoms with Crippen LogP contribution in [0.3, 0.4) is 0 Å². The molecule has 0 aromatic heterocycles. The summed E-state index contributed by atoms with van der Waals surface area (Å²) in [5.74, 6) is -0.233. The van der Waals surface area contributed by atoms with Gasteiger partial charge < -0.3 is 4.74 Å². The van der Waals surface area contributed by atoms with Crippen LogP contribution in [0.25, 0.3) is 0 Å². The summed E-state index contributed by atoms with van der Waals surface area (Å²) in [7, 11) is 0. The van der Waals surface area contributed by atoms with Crippen LogP contribution in [-0.2, 0) is 9.53 Å². The lowest BCUT2D eigenvalue weighted by Crippen LogP contribution is -1.97. The summed E-state index contributed by atoms with van der Waals surface area (Å²) < 4.78 is 4.83. The van der Waals surface area contributed by atoms with E-state index in [1.165, 1.54) is 23.6 Å². The Morgan fingerprint density at radius 1 is 0.818 bits per heavy atom. The van der Waals surface area contributed by atoms with Gasteiger partial charge >= 0.3 is 5.97 Å². The number of rotatable bonds is 10. The van der Waals surface area contributed by atoms with Gasteiger partial charge in [-0.05, 0) is 59.8 Å². The van der Waals surface area contributed by atoms with E-state index in [9.17, 15) is 4.79 Å². The summed E-state index contributed by atoms with van der Waals surface area (Å²) in [5, 5.41) is 0. The maximum absolute atomic E-state index is 10.6. The van der Waals surface area contributed by atoms with Gasteiger partial charge in [-0.1, -0.05) is 47.1 Å². The van der Waals surface area contributed by atoms with Gasteiger partial charge in [-0.25, -0.2) is 0 Å². The zero-order chi connectivity index (χ0) is 16.8. The zero-order valence-electron chi connectivity index (χ0n) is 14.9. The second-order valence-electron chi connectivity index (χ2n) is 5.97. The predicted molar refractivity (Wildman–Crippen MR) is 95.8 cm³/mol. The van der Waals surface area contributed by atoms with Crippen molar-refractivity contribution in [1.29, 1.82) is 0 Å². The number of ether oxygens (including phenoxy) is 1. The minimum atomic E-state index is -0.233. The predicted octanol–water partition coefficient (Wildman–Crippen LogP) is 5.92. The number of hydrogen-bond acceptors (Lipinski definition) is 2. The van der Waals surface area contributed by atoms with Crippen molar-refractivity contribution in [3.05, 3.63) is 47.1 Å². The summed E-state index contributed by atoms with van der Waals surface area (Å²) in [4.78, 5) is 10.6. The highest BCUT2D eigenvalue weighted by atomic mass is 16.5. The van der Waals surface area contributed by atoms with Gasteiger partial charge in [-0.3, -0.25) is 4.79 Å². The molecule has 0 aliphatic rings. The van der Waals surface area contributed by atoms with E-state index in [0.717, 1.165) is 32.1 Å². The SMILES string of the molecule is CC(=O)OCC=CCC=C(C)CCC=C(C)CCC=C(C)C. The third-order valence-electron chi connectivity index (χ3n) is 3.27. The van der Waals surface area contributed by atoms with Crippen LogP contribution in [0.5, 0.6) is 0 Å². The summed E-state index contributed by atoms with van der Waals surface area (Å²) in [6, 6.07) is 0. The van der Waals surface area contributed by atoms with Crippen molar-refractivity contribution in [2.24, 2.45) is 0 Å². The lowest BCUT2D eigenvalue weighted by molar-refractivity contribution is -0.139. The fraction of sp³-hybridized carbons (Fsp3) is 0.550. The first-order valence-corrected chi connectivity index (χ1v) is 8.14. The highest BCUT2D eigenvalue weighted by Gasteiger charge is 1.92. The van der Waals surface area contributed by atoms with Crippen molar-refractivity contribution in [3.63, 3.8) is 0 Å². The Hall–Kier alpha value is -1.57. The minimum absolute atomic E-state index is 0.233. The summed E-state index contributed by atoms with van der Waals surface area (Å²) in [5.41, 5.74) is 4.28. The third kappa shape index (κ3) is 14.8. The number of hydrogen-bond donors (Lipinski definition) is 0. The summed E-state index contributed by atoms with van der Waals surface area (Å²) in [6.07, 6.45) is 16.2. The van der Waals surface area contributed by atoms with E-state index in [1.54, 1.807) is 0 Å². The molecule has 0 aliphatic heterocycles. The Morgan fingerprint density at radius 3 is 2.00 bits per heavy atom. The smallest absolute Gasteiger partial charge is 0.302 e. The molecule has 0 radical (unpaired) electrons. The van der Waals surface area contributed by atoms with Crippen LogP contribution in [0.2, 0.25) is 0 Å². The van der Waals surface area contributed by atoms with Crippen LogP contribution in [0.15, 0.2) is 47.1 Å². The second kappa shape index (κ2) is 13.1. The maximum Gasteiger partial charge on any atom is 0.302 e. The molecular formula is C20H32O2. The average molecular weight is 304 g/mol. The minimum Gasteiger partial charge on any atom is -0.462 e. The molecule has 0 atom stereocenters. The van der Waals surface area contributed by atoms with E-state index in [1.807, 2.05) is 12.2 Å². The molecule has 0 rings (SSSR count). The van der Waals surface area contributed by atoms with Crippen LogP contribution >= 0.6 is 0 Å². The number of carbonyl (C=O) groups is 1. The maximum atomic E-state index is 10.6. The molecule has 124 valence electrons. The molecule has 0 saturated heterocycles. The van der Waals surface area contributed by atoms with E-state index in [-0.39, 0.29) is 5.97 Å². The van der Waals surface area contributed by atoms with E-state index in [4.69, 9.17) is 4.74 Å². The Bertz CT molecular complexity index is 433. The highest BCUT2D eigenvalue weighted by Crippen LogP contribution is 2.11. The molecule has 0 N–H and O–H groups in total. The molecule has 0 aromatic rings. The highest BCUT2D eigenvalue weighted by molar-refractivity contribution is 5.65. The van der Waals surface area contributed by atoms with Gasteiger partial charge in [0.15, 0.2) is 0 Å². The van der Waals surface area contributed by atoms with Crippen LogP contribution in [0, 0.1) is 0 Å². The first-order chi connectivity index (χ1) is 10.4. The normalized spacial score (nSPS) is 12.6. The quantitative estimate of drug-likeness (QED) is 0.370. The second-order valence-corrected chi connectivity index (χ2v) is 5.97. The van der Waals surface area contributed by atoms with Gasteiger partial charge in [0.2, 0.25) is 0 Å². The standard InChI is InChI=1S/C20H32O2/c1-17(2)11-9-13-19(4)15-10-14-18(3)12-7-6-8-16-22-20(5)21/h6,8,11-12,15H,7,9-10,13-14,16H2,1-5H3. The summed E-state index contributed by atoms with van der Waals surface area (Å²) in [6.45, 7) is 10.5. The fourth-order valence-corrected chi connectivity index (χ4v) is 1.94. The molecule has 2 heteroatoms. The topological polar surface area (TPSA) is 26.3 Å². The molecule has 0 bridgehead atoms. The van der Waals surface area contributed by atoms with Crippen molar-refractivity contribution in [1.82, 2.24) is 0 Å². The molecule has 0 unspecified atom stereocenters. The van der Waals surface area contributed by atoms with Gasteiger partial charge in [0.25, 0.3) is 0 Å². The molecule has 0 aliphatic carbocycles. The van der Waals surface area contributed by atoms with Crippen molar-refractivity contribution in [3.8, 4) is 0 Å². The first-order valence-electron chi connectivity index (χ1n) is 8.14. The monoisotopic (exact) mass is 304 g/mol. The molecular weight excluding hydrogens is 272 g/mol. The average Bonchev–Trinajstić information content (AvgIpc) is 2.42. The van der Waals surface area contributed by atoms with E-state index in [0.29, 0.717) is 6.61 Å². The molecule has 0 spiro atoms. The Balaban J connectivity index is 3.87. The van der Waals surface area contributed by atoms with Crippen molar-refractivity contribution < 1.29 is 9.53 Å². The first kappa shape index (κ1) is 20.4. The van der Waals surface area contributed by atoms with E-state index in [2.05, 4.69) is 45.9 Å². The van der Waals surface area contributed by atoms with Crippen molar-refractivity contribution >= 4 is 5.97 Å². The number of carbonyl (C=O) groups excluding carboxylic acids is 1. The Labute approximate surface area is 136 Å². The zero-order valence-corrected chi connectivity index (χ0v) is 14.9. The Kier molecular flexibility index (Phi) is 12.2. The molecule has 22 heavy (non-hydrogen) atoms. The molecule has 0 heterocycles. The molecule has 0 fully saturated rings. The van der Waals surface area contributed by atoms with Crippen LogP contribution in [0.1, 0.15) is 66.7 Å². The van der Waals surface area contributed by atoms with E-state index < -0.39 is 0 Å². The molecule has 0 aromatic carbocycles. The lowest BCUT2D eigenvalue weighted by Gasteiger charge is -2.01. The summed E-state index contributed by atoms with van der Waals surface area (Å²) >= 11 is 0. The Morgan fingerprint density at radius 2 is 1.41 bits per heavy atom. The van der Waals surface area contributed by atoms with Gasteiger partial charge in [-0.2, -0.15) is 0 Å². The van der Waals surface area contributed by atoms with Crippen LogP contribution < -0.4 is 0 Å². The largest absolute Gasteiger partial charge is 0.462 e. The fourth-order valence-electron chi connectivity index (χ4n) is 1.94. The number of esters is 1. The molecule has 2 nitrogen and oxygen atoms in total. The third-order valence-corrected chi connectivity index (χ3v) is 3.27. The van der Waals surface area contributed by atoms with Gasteiger partial charge in [0, 0.05) is 6.92 Å². The molecule has 0 saturated carbocycles. The lowest BCUT2D eigenvalue weighted by atomic mass is 10.1. The van der Waals surface area contributed by atoms with Crippen LogP contribution in [0.4, 0.5) is 0 Å². The van der Waals surface area contributed by atoms with Gasteiger partial charge in [-0.15, -0.1) is 0 Å². The van der Waals surface area contributed by atoms with Gasteiger partial charge in [0.05, 0.1) is 0 Å². The van der Waals surface area contributed by atoms with Crippen molar-refractivity contribution in [2.45, 2.75) is 66.7 Å². The molecule has 0 amide bonds. The van der Waals surface area contributed by atoms with Gasteiger partial charge in [0.1, 0.15) is 6.61 Å². The van der Waals surface area contributed by atoms with Crippen molar-refractivity contribution in [2.75, 3.05) is 6.61 Å². The number of allylic oxidation sites excluding steroid dienone is 7. The van der Waals surface area contributed by atoms with Crippen LogP contribution in [-0.4, -0.2) is 12.6 Å². The van der Waals surface area contributed by atoms with E-state index >= 15 is 0 Å².